The minimum Gasteiger partial charge on any atom is -0.395 e. The van der Waals surface area contributed by atoms with E-state index < -0.39 is 12.1 Å². The Morgan fingerprint density at radius 2 is 1.38 bits per heavy atom. The first-order valence-corrected chi connectivity index (χ1v) is 8.58. The van der Waals surface area contributed by atoms with Gasteiger partial charge in [0.1, 0.15) is 0 Å². The molecule has 0 fully saturated rings. The minimum absolute atomic E-state index is 0.181. The molecule has 0 unspecified atom stereocenters. The molecule has 0 radical (unpaired) electrons. The van der Waals surface area contributed by atoms with Crippen LogP contribution in [0.15, 0.2) is 24.3 Å². The topological polar surface area (TPSA) is 66.5 Å². The van der Waals surface area contributed by atoms with Gasteiger partial charge < -0.3 is 15.9 Å². The van der Waals surface area contributed by atoms with Crippen molar-refractivity contribution in [2.24, 2.45) is 5.73 Å². The van der Waals surface area contributed by atoms with Crippen molar-refractivity contribution in [3.8, 4) is 0 Å². The average Bonchev–Trinajstić information content (AvgIpc) is 2.50. The van der Waals surface area contributed by atoms with Crippen LogP contribution >= 0.6 is 0 Å². The molecule has 3 nitrogen and oxygen atoms in total. The Hall–Kier alpha value is -0.640. The molecule has 4 N–H and O–H groups in total. The van der Waals surface area contributed by atoms with E-state index in [0.717, 1.165) is 12.8 Å². The number of hydrogen-bond acceptors (Lipinski definition) is 3. The molecule has 0 aliphatic rings. The Morgan fingerprint density at radius 3 is 1.95 bits per heavy atom. The van der Waals surface area contributed by atoms with Gasteiger partial charge in [-0.25, -0.2) is 0 Å². The summed E-state index contributed by atoms with van der Waals surface area (Å²) < 4.78 is 0. The van der Waals surface area contributed by atoms with E-state index in [9.17, 15) is 5.11 Å². The first-order valence-electron chi connectivity index (χ1n) is 8.58. The predicted octanol–water partition coefficient (Wildman–Crippen LogP) is 3.70. The van der Waals surface area contributed by atoms with E-state index in [2.05, 4.69) is 19.1 Å². The summed E-state index contributed by atoms with van der Waals surface area (Å²) in [6.07, 6.45) is 19.9. The van der Waals surface area contributed by atoms with Gasteiger partial charge in [-0.3, -0.25) is 0 Å². The largest absolute Gasteiger partial charge is 0.395 e. The van der Waals surface area contributed by atoms with E-state index in [0.29, 0.717) is 0 Å². The van der Waals surface area contributed by atoms with E-state index in [1.54, 1.807) is 6.08 Å². The molecule has 3 heteroatoms. The summed E-state index contributed by atoms with van der Waals surface area (Å²) in [5, 5.41) is 18.3. The van der Waals surface area contributed by atoms with Crippen LogP contribution in [0.25, 0.3) is 0 Å². The lowest BCUT2D eigenvalue weighted by Crippen LogP contribution is -2.36. The van der Waals surface area contributed by atoms with Gasteiger partial charge in [0, 0.05) is 0 Å². The van der Waals surface area contributed by atoms with Crippen molar-refractivity contribution in [2.75, 3.05) is 6.61 Å². The Labute approximate surface area is 130 Å². The highest BCUT2D eigenvalue weighted by Gasteiger charge is 2.08. The normalized spacial score (nSPS) is 15.0. The molecule has 2 atom stereocenters. The zero-order chi connectivity index (χ0) is 15.8. The van der Waals surface area contributed by atoms with Crippen molar-refractivity contribution in [1.82, 2.24) is 0 Å². The highest BCUT2D eigenvalue weighted by Crippen LogP contribution is 2.09. The minimum atomic E-state index is -0.726. The number of unbranched alkanes of at least 4 members (excludes halogenated alkanes) is 8. The van der Waals surface area contributed by atoms with Crippen LogP contribution in [0.3, 0.4) is 0 Å². The molecule has 0 aliphatic heterocycles. The summed E-state index contributed by atoms with van der Waals surface area (Å²) in [5.41, 5.74) is 5.51. The molecular weight excluding hydrogens is 262 g/mol. The summed E-state index contributed by atoms with van der Waals surface area (Å²) >= 11 is 0. The van der Waals surface area contributed by atoms with E-state index in [1.807, 2.05) is 6.08 Å². The maximum absolute atomic E-state index is 9.52. The zero-order valence-electron chi connectivity index (χ0n) is 13.7. The molecule has 0 aliphatic carbocycles. The van der Waals surface area contributed by atoms with Crippen molar-refractivity contribution < 1.29 is 10.2 Å². The fourth-order valence-corrected chi connectivity index (χ4v) is 2.12. The van der Waals surface area contributed by atoms with Crippen molar-refractivity contribution in [3.05, 3.63) is 24.3 Å². The van der Waals surface area contributed by atoms with E-state index in [4.69, 9.17) is 10.8 Å². The van der Waals surface area contributed by atoms with Crippen LogP contribution in [0.1, 0.15) is 71.1 Å². The Morgan fingerprint density at radius 1 is 0.857 bits per heavy atom. The van der Waals surface area contributed by atoms with Crippen LogP contribution in [-0.4, -0.2) is 29.0 Å². The van der Waals surface area contributed by atoms with Gasteiger partial charge in [0.05, 0.1) is 18.8 Å². The van der Waals surface area contributed by atoms with Crippen LogP contribution < -0.4 is 5.73 Å². The molecule has 0 heterocycles. The van der Waals surface area contributed by atoms with Gasteiger partial charge >= 0.3 is 0 Å². The van der Waals surface area contributed by atoms with Crippen molar-refractivity contribution >= 4 is 0 Å². The fraction of sp³-hybridized carbons (Fsp3) is 0.778. The molecule has 0 rings (SSSR count). The number of hydrogen-bond donors (Lipinski definition) is 3. The lowest BCUT2D eigenvalue weighted by Gasteiger charge is -2.11. The number of allylic oxidation sites excluding steroid dienone is 3. The van der Waals surface area contributed by atoms with Crippen LogP contribution in [0.5, 0.6) is 0 Å². The van der Waals surface area contributed by atoms with Gasteiger partial charge in [0.15, 0.2) is 0 Å². The maximum Gasteiger partial charge on any atom is 0.0894 e. The lowest BCUT2D eigenvalue weighted by atomic mass is 10.1. The zero-order valence-corrected chi connectivity index (χ0v) is 13.7. The van der Waals surface area contributed by atoms with Gasteiger partial charge in [-0.05, 0) is 32.1 Å². The fourth-order valence-electron chi connectivity index (χ4n) is 2.12. The summed E-state index contributed by atoms with van der Waals surface area (Å²) in [6.45, 7) is 2.03. The van der Waals surface area contributed by atoms with Gasteiger partial charge in [-0.1, -0.05) is 63.3 Å². The first kappa shape index (κ1) is 20.4. The smallest absolute Gasteiger partial charge is 0.0894 e. The monoisotopic (exact) mass is 297 g/mol. The predicted molar refractivity (Wildman–Crippen MR) is 91.2 cm³/mol. The molecule has 0 saturated carbocycles. The second-order valence-electron chi connectivity index (χ2n) is 5.72. The standard InChI is InChI=1S/C18H35NO2/c1-2-3-4-5-6-7-8-9-10-11-12-13-14-15-18(21)17(19)16-20/h4-5,14-15,17-18,20-21H,2-3,6-13,16,19H2,1H3/b5-4-,15-14+/t17-,18-/m1/s1. The number of rotatable bonds is 14. The highest BCUT2D eigenvalue weighted by molar-refractivity contribution is 4.93. The Balaban J connectivity index is 3.27. The summed E-state index contributed by atoms with van der Waals surface area (Å²) in [4.78, 5) is 0. The highest BCUT2D eigenvalue weighted by atomic mass is 16.3. The van der Waals surface area contributed by atoms with Crippen molar-refractivity contribution in [2.45, 2.75) is 83.3 Å². The Bertz CT molecular complexity index is 264. The maximum atomic E-state index is 9.52. The summed E-state index contributed by atoms with van der Waals surface area (Å²) in [5.74, 6) is 0. The quantitative estimate of drug-likeness (QED) is 0.338. The van der Waals surface area contributed by atoms with E-state index in [-0.39, 0.29) is 6.61 Å². The van der Waals surface area contributed by atoms with Crippen LogP contribution in [0.4, 0.5) is 0 Å². The van der Waals surface area contributed by atoms with E-state index in [1.165, 1.54) is 51.4 Å². The molecule has 0 aromatic carbocycles. The summed E-state index contributed by atoms with van der Waals surface area (Å²) in [7, 11) is 0. The summed E-state index contributed by atoms with van der Waals surface area (Å²) in [6, 6.07) is -0.562. The second kappa shape index (κ2) is 15.7. The molecule has 0 amide bonds. The molecule has 0 spiro atoms. The molecule has 21 heavy (non-hydrogen) atoms. The molecule has 0 aromatic rings. The number of nitrogens with two attached hydrogens (primary N) is 1. The third kappa shape index (κ3) is 14.1. The third-order valence-corrected chi connectivity index (χ3v) is 3.60. The molecule has 124 valence electrons. The Kier molecular flexibility index (Phi) is 15.3. The third-order valence-electron chi connectivity index (χ3n) is 3.60. The number of aliphatic hydroxyl groups is 2. The molecular formula is C18H35NO2. The molecule has 0 bridgehead atoms. The molecule has 0 aromatic heterocycles. The van der Waals surface area contributed by atoms with Crippen LogP contribution in [0.2, 0.25) is 0 Å². The van der Waals surface area contributed by atoms with Gasteiger partial charge in [0.2, 0.25) is 0 Å². The van der Waals surface area contributed by atoms with Gasteiger partial charge in [-0.15, -0.1) is 0 Å². The lowest BCUT2D eigenvalue weighted by molar-refractivity contribution is 0.144. The van der Waals surface area contributed by atoms with Gasteiger partial charge in [-0.2, -0.15) is 0 Å². The van der Waals surface area contributed by atoms with Crippen molar-refractivity contribution in [3.63, 3.8) is 0 Å². The molecule has 0 saturated heterocycles. The SMILES string of the molecule is CCC/C=C\CCCCCCCC/C=C/[C@@H](O)[C@H](N)CO. The average molecular weight is 297 g/mol. The van der Waals surface area contributed by atoms with Crippen LogP contribution in [-0.2, 0) is 0 Å². The van der Waals surface area contributed by atoms with Gasteiger partial charge in [0.25, 0.3) is 0 Å². The van der Waals surface area contributed by atoms with Crippen LogP contribution in [0, 0.1) is 0 Å². The number of aliphatic hydroxyl groups excluding tert-OH is 2. The van der Waals surface area contributed by atoms with Crippen molar-refractivity contribution in [1.29, 1.82) is 0 Å². The first-order chi connectivity index (χ1) is 10.2. The van der Waals surface area contributed by atoms with E-state index >= 15 is 0 Å². The second-order valence-corrected chi connectivity index (χ2v) is 5.72.